The molecule has 7 nitrogen and oxygen atoms in total. The number of halogens is 1. The van der Waals surface area contributed by atoms with Gasteiger partial charge >= 0.3 is 0 Å². The lowest BCUT2D eigenvalue weighted by atomic mass is 10.1. The van der Waals surface area contributed by atoms with Crippen molar-refractivity contribution in [1.29, 1.82) is 0 Å². The van der Waals surface area contributed by atoms with Gasteiger partial charge in [0.05, 0.1) is 11.4 Å². The van der Waals surface area contributed by atoms with Gasteiger partial charge in [-0.25, -0.2) is 4.90 Å². The molecule has 0 saturated heterocycles. The van der Waals surface area contributed by atoms with Crippen LogP contribution in [0.1, 0.15) is 21.5 Å². The third kappa shape index (κ3) is 4.31. The number of benzene rings is 3. The van der Waals surface area contributed by atoms with Crippen LogP contribution in [0.5, 0.6) is 5.75 Å². The van der Waals surface area contributed by atoms with Gasteiger partial charge in [0.2, 0.25) is 0 Å². The molecule has 1 aliphatic rings. The molecule has 8 heteroatoms. The number of aryl methyl sites for hydroxylation is 2. The summed E-state index contributed by atoms with van der Waals surface area (Å²) >= 11 is 6.21. The summed E-state index contributed by atoms with van der Waals surface area (Å²) in [7, 11) is 0. The summed E-state index contributed by atoms with van der Waals surface area (Å²) < 4.78 is 0. The largest absolute Gasteiger partial charge is 0.506 e. The Morgan fingerprint density at radius 2 is 1.67 bits per heavy atom. The first-order valence-electron chi connectivity index (χ1n) is 10.1. The van der Waals surface area contributed by atoms with Gasteiger partial charge in [0, 0.05) is 11.3 Å². The topological polar surface area (TPSA) is 98.7 Å². The number of phenolic OH excluding ortho intramolecular Hbond substituents is 1. The SMILES string of the molecule is Cc1ccc(N2C(=O)C(Cl)=C(Nc3cccc(C(=O)Nc4ccccc4O)c3)C2=O)cc1C. The van der Waals surface area contributed by atoms with E-state index in [2.05, 4.69) is 10.6 Å². The first-order valence-corrected chi connectivity index (χ1v) is 10.5. The summed E-state index contributed by atoms with van der Waals surface area (Å²) in [5.74, 6) is -1.72. The number of amides is 3. The summed E-state index contributed by atoms with van der Waals surface area (Å²) in [6.45, 7) is 3.83. The van der Waals surface area contributed by atoms with E-state index < -0.39 is 17.7 Å². The number of nitrogens with zero attached hydrogens (tertiary/aromatic N) is 1. The molecule has 0 saturated carbocycles. The second-order valence-corrected chi connectivity index (χ2v) is 7.96. The monoisotopic (exact) mass is 461 g/mol. The fourth-order valence-electron chi connectivity index (χ4n) is 3.37. The molecule has 3 aromatic carbocycles. The summed E-state index contributed by atoms with van der Waals surface area (Å²) in [5.41, 5.74) is 3.28. The lowest BCUT2D eigenvalue weighted by molar-refractivity contribution is -0.120. The van der Waals surface area contributed by atoms with Crippen LogP contribution in [0.2, 0.25) is 0 Å². The van der Waals surface area contributed by atoms with E-state index in [0.29, 0.717) is 11.4 Å². The highest BCUT2D eigenvalue weighted by atomic mass is 35.5. The normalized spacial score (nSPS) is 13.5. The summed E-state index contributed by atoms with van der Waals surface area (Å²) in [5, 5.41) is 15.1. The van der Waals surface area contributed by atoms with Gasteiger partial charge < -0.3 is 15.7 Å². The van der Waals surface area contributed by atoms with E-state index in [0.717, 1.165) is 16.0 Å². The van der Waals surface area contributed by atoms with Crippen LogP contribution in [0, 0.1) is 13.8 Å². The molecule has 4 rings (SSSR count). The lowest BCUT2D eigenvalue weighted by Gasteiger charge is -2.16. The molecule has 3 amide bonds. The number of carbonyl (C=O) groups excluding carboxylic acids is 3. The number of aromatic hydroxyl groups is 1. The molecule has 1 aliphatic heterocycles. The van der Waals surface area contributed by atoms with Gasteiger partial charge in [-0.15, -0.1) is 0 Å². The van der Waals surface area contributed by atoms with Gasteiger partial charge in [0.25, 0.3) is 17.7 Å². The second kappa shape index (κ2) is 8.80. The van der Waals surface area contributed by atoms with Crippen molar-refractivity contribution in [2.24, 2.45) is 0 Å². The van der Waals surface area contributed by atoms with Crippen LogP contribution in [0.4, 0.5) is 17.1 Å². The predicted molar refractivity (Wildman–Crippen MR) is 127 cm³/mol. The minimum Gasteiger partial charge on any atom is -0.506 e. The van der Waals surface area contributed by atoms with Crippen molar-refractivity contribution >= 4 is 46.4 Å². The third-order valence-corrected chi connectivity index (χ3v) is 5.67. The molecule has 0 aliphatic carbocycles. The standard InChI is InChI=1S/C25H20ClN3O4/c1-14-10-11-18(12-15(14)2)29-24(32)21(26)22(25(29)33)27-17-7-5-6-16(13-17)23(31)28-19-8-3-4-9-20(19)30/h3-13,27,30H,1-2H3,(H,28,31). The Morgan fingerprint density at radius 1 is 0.909 bits per heavy atom. The Morgan fingerprint density at radius 3 is 2.39 bits per heavy atom. The van der Waals surface area contributed by atoms with E-state index in [9.17, 15) is 19.5 Å². The molecule has 0 spiro atoms. The fourth-order valence-corrected chi connectivity index (χ4v) is 3.58. The quantitative estimate of drug-likeness (QED) is 0.378. The van der Waals surface area contributed by atoms with E-state index in [4.69, 9.17) is 11.6 Å². The first kappa shape index (κ1) is 22.1. The minimum absolute atomic E-state index is 0.0569. The van der Waals surface area contributed by atoms with Crippen molar-refractivity contribution in [2.45, 2.75) is 13.8 Å². The Balaban J connectivity index is 1.56. The molecule has 33 heavy (non-hydrogen) atoms. The van der Waals surface area contributed by atoms with Crippen molar-refractivity contribution in [1.82, 2.24) is 0 Å². The smallest absolute Gasteiger partial charge is 0.283 e. The summed E-state index contributed by atoms with van der Waals surface area (Å²) in [6.07, 6.45) is 0. The Hall–Kier alpha value is -4.10. The van der Waals surface area contributed by atoms with Gasteiger partial charge in [0.1, 0.15) is 16.5 Å². The number of rotatable bonds is 5. The van der Waals surface area contributed by atoms with E-state index in [1.807, 2.05) is 19.9 Å². The third-order valence-electron chi connectivity index (χ3n) is 5.32. The van der Waals surface area contributed by atoms with E-state index in [1.165, 1.54) is 12.1 Å². The molecule has 3 aromatic rings. The number of imide groups is 1. The van der Waals surface area contributed by atoms with Gasteiger partial charge in [-0.05, 0) is 67.4 Å². The average Bonchev–Trinajstić information content (AvgIpc) is 3.00. The number of hydrogen-bond donors (Lipinski definition) is 3. The van der Waals surface area contributed by atoms with Crippen LogP contribution in [-0.4, -0.2) is 22.8 Å². The molecule has 0 unspecified atom stereocenters. The maximum Gasteiger partial charge on any atom is 0.283 e. The Labute approximate surface area is 195 Å². The van der Waals surface area contributed by atoms with Crippen molar-refractivity contribution < 1.29 is 19.5 Å². The second-order valence-electron chi connectivity index (χ2n) is 7.58. The number of hydrogen-bond acceptors (Lipinski definition) is 5. The number of nitrogens with one attached hydrogen (secondary N) is 2. The van der Waals surface area contributed by atoms with Crippen molar-refractivity contribution in [3.63, 3.8) is 0 Å². The number of anilines is 3. The molecule has 3 N–H and O–H groups in total. The average molecular weight is 462 g/mol. The van der Waals surface area contributed by atoms with E-state index in [1.54, 1.807) is 48.5 Å². The molecular weight excluding hydrogens is 442 g/mol. The first-order chi connectivity index (χ1) is 15.8. The van der Waals surface area contributed by atoms with Crippen LogP contribution < -0.4 is 15.5 Å². The maximum absolute atomic E-state index is 13.0. The van der Waals surface area contributed by atoms with Crippen molar-refractivity contribution in [3.8, 4) is 5.75 Å². The van der Waals surface area contributed by atoms with Gasteiger partial charge in [0.15, 0.2) is 0 Å². The zero-order chi connectivity index (χ0) is 23.7. The highest BCUT2D eigenvalue weighted by molar-refractivity contribution is 6.53. The van der Waals surface area contributed by atoms with Crippen LogP contribution in [0.3, 0.4) is 0 Å². The molecule has 166 valence electrons. The minimum atomic E-state index is -0.624. The molecule has 0 bridgehead atoms. The molecule has 1 heterocycles. The number of phenols is 1. The molecule has 0 aromatic heterocycles. The van der Waals surface area contributed by atoms with Crippen LogP contribution in [-0.2, 0) is 9.59 Å². The molecule has 0 radical (unpaired) electrons. The predicted octanol–water partition coefficient (Wildman–Crippen LogP) is 4.70. The fraction of sp³-hybridized carbons (Fsp3) is 0.0800. The summed E-state index contributed by atoms with van der Waals surface area (Å²) in [4.78, 5) is 39.4. The highest BCUT2D eigenvalue weighted by Gasteiger charge is 2.39. The Kier molecular flexibility index (Phi) is 5.89. The van der Waals surface area contributed by atoms with Crippen molar-refractivity contribution in [2.75, 3.05) is 15.5 Å². The van der Waals surface area contributed by atoms with Crippen LogP contribution in [0.25, 0.3) is 0 Å². The van der Waals surface area contributed by atoms with Gasteiger partial charge in [-0.3, -0.25) is 14.4 Å². The number of carbonyl (C=O) groups is 3. The zero-order valence-electron chi connectivity index (χ0n) is 17.8. The lowest BCUT2D eigenvalue weighted by Crippen LogP contribution is -2.32. The highest BCUT2D eigenvalue weighted by Crippen LogP contribution is 2.31. The molecule has 0 atom stereocenters. The van der Waals surface area contributed by atoms with Crippen LogP contribution in [0.15, 0.2) is 77.5 Å². The van der Waals surface area contributed by atoms with Gasteiger partial charge in [-0.1, -0.05) is 35.9 Å². The van der Waals surface area contributed by atoms with Crippen LogP contribution >= 0.6 is 11.6 Å². The Bertz CT molecular complexity index is 1330. The van der Waals surface area contributed by atoms with Crippen molar-refractivity contribution in [3.05, 3.63) is 94.1 Å². The summed E-state index contributed by atoms with van der Waals surface area (Å²) in [6, 6.07) is 18.0. The van der Waals surface area contributed by atoms with E-state index in [-0.39, 0.29) is 27.7 Å². The zero-order valence-corrected chi connectivity index (χ0v) is 18.6. The maximum atomic E-state index is 13.0. The van der Waals surface area contributed by atoms with Gasteiger partial charge in [-0.2, -0.15) is 0 Å². The molecular formula is C25H20ClN3O4. The molecule has 0 fully saturated rings. The van der Waals surface area contributed by atoms with E-state index >= 15 is 0 Å². The number of para-hydroxylation sites is 2.